The number of nitriles is 2. The Labute approximate surface area is 120 Å². The summed E-state index contributed by atoms with van der Waals surface area (Å²) in [5.74, 6) is -0.342. The van der Waals surface area contributed by atoms with Gasteiger partial charge in [0, 0.05) is 16.2 Å². The van der Waals surface area contributed by atoms with Gasteiger partial charge in [0.25, 0.3) is 0 Å². The molecule has 0 saturated carbocycles. The Kier molecular flexibility index (Phi) is 3.52. The SMILES string of the molecule is C=C1/C(=N\C(C#N)=C(/C)C#N)C(=O)c2cc(Cl)ccc21. The van der Waals surface area contributed by atoms with Crippen molar-refractivity contribution in [2.75, 3.05) is 0 Å². The van der Waals surface area contributed by atoms with Gasteiger partial charge in [-0.15, -0.1) is 0 Å². The molecule has 0 N–H and O–H groups in total. The lowest BCUT2D eigenvalue weighted by Gasteiger charge is -1.97. The second kappa shape index (κ2) is 5.13. The summed E-state index contributed by atoms with van der Waals surface area (Å²) in [7, 11) is 0. The maximum Gasteiger partial charge on any atom is 0.212 e. The lowest BCUT2D eigenvalue weighted by molar-refractivity contribution is 0.107. The average molecular weight is 282 g/mol. The van der Waals surface area contributed by atoms with E-state index in [9.17, 15) is 4.79 Å². The standard InChI is InChI=1S/C15H8ClN3O/c1-8(6-17)13(7-18)19-14-9(2)11-4-3-10(16)5-12(11)15(14)20/h3-5H,2H2,1H3/b13-8+,19-14+. The molecule has 1 aromatic carbocycles. The van der Waals surface area contributed by atoms with Crippen LogP contribution in [-0.4, -0.2) is 11.5 Å². The summed E-state index contributed by atoms with van der Waals surface area (Å²) < 4.78 is 0. The number of rotatable bonds is 1. The highest BCUT2D eigenvalue weighted by atomic mass is 35.5. The molecule has 1 aromatic rings. The quantitative estimate of drug-likeness (QED) is 0.741. The zero-order valence-corrected chi connectivity index (χ0v) is 11.3. The van der Waals surface area contributed by atoms with E-state index in [-0.39, 0.29) is 22.8 Å². The first-order valence-electron chi connectivity index (χ1n) is 5.63. The molecule has 2 rings (SSSR count). The fraction of sp³-hybridized carbons (Fsp3) is 0.0667. The molecule has 0 atom stereocenters. The van der Waals surface area contributed by atoms with Gasteiger partial charge in [-0.25, -0.2) is 4.99 Å². The Morgan fingerprint density at radius 1 is 1.30 bits per heavy atom. The number of halogens is 1. The van der Waals surface area contributed by atoms with E-state index in [1.807, 2.05) is 12.1 Å². The Morgan fingerprint density at radius 3 is 2.60 bits per heavy atom. The second-order valence-electron chi connectivity index (χ2n) is 4.16. The van der Waals surface area contributed by atoms with E-state index in [1.165, 1.54) is 6.92 Å². The molecule has 0 unspecified atom stereocenters. The first-order chi connectivity index (χ1) is 9.49. The number of aliphatic imine (C=N–C) groups is 1. The molecule has 0 saturated heterocycles. The predicted molar refractivity (Wildman–Crippen MR) is 76.2 cm³/mol. The Bertz CT molecular complexity index is 788. The van der Waals surface area contributed by atoms with Crippen LogP contribution in [-0.2, 0) is 0 Å². The number of hydrogen-bond donors (Lipinski definition) is 0. The van der Waals surface area contributed by atoms with E-state index in [1.54, 1.807) is 18.2 Å². The van der Waals surface area contributed by atoms with Crippen molar-refractivity contribution < 1.29 is 4.79 Å². The van der Waals surface area contributed by atoms with E-state index >= 15 is 0 Å². The Morgan fingerprint density at radius 2 is 2.00 bits per heavy atom. The van der Waals surface area contributed by atoms with Gasteiger partial charge in [-0.05, 0) is 24.6 Å². The molecule has 5 heteroatoms. The number of carbonyl (C=O) groups excluding carboxylic acids is 1. The summed E-state index contributed by atoms with van der Waals surface area (Å²) in [6.45, 7) is 5.29. The first-order valence-corrected chi connectivity index (χ1v) is 6.01. The third kappa shape index (κ3) is 2.14. The summed E-state index contributed by atoms with van der Waals surface area (Å²) in [5, 5.41) is 18.2. The maximum absolute atomic E-state index is 12.3. The van der Waals surface area contributed by atoms with Gasteiger partial charge in [-0.2, -0.15) is 10.5 Å². The fourth-order valence-electron chi connectivity index (χ4n) is 1.84. The fourth-order valence-corrected chi connectivity index (χ4v) is 2.01. The molecule has 4 nitrogen and oxygen atoms in total. The summed E-state index contributed by atoms with van der Waals surface area (Å²) in [4.78, 5) is 16.2. The molecule has 1 aliphatic rings. The molecule has 0 fully saturated rings. The molecule has 96 valence electrons. The van der Waals surface area contributed by atoms with Gasteiger partial charge in [-0.3, -0.25) is 4.79 Å². The zero-order valence-electron chi connectivity index (χ0n) is 10.6. The number of hydrogen-bond acceptors (Lipinski definition) is 4. The Hall–Kier alpha value is -2.69. The van der Waals surface area contributed by atoms with Crippen molar-refractivity contribution in [1.29, 1.82) is 10.5 Å². The topological polar surface area (TPSA) is 77.0 Å². The van der Waals surface area contributed by atoms with Crippen LogP contribution < -0.4 is 0 Å². The highest BCUT2D eigenvalue weighted by Crippen LogP contribution is 2.31. The molecular weight excluding hydrogens is 274 g/mol. The van der Waals surface area contributed by atoms with Gasteiger partial charge >= 0.3 is 0 Å². The molecule has 0 bridgehead atoms. The highest BCUT2D eigenvalue weighted by molar-refractivity contribution is 6.65. The molecule has 0 aliphatic heterocycles. The number of fused-ring (bicyclic) bond motifs is 1. The van der Waals surface area contributed by atoms with Crippen molar-refractivity contribution in [2.45, 2.75) is 6.92 Å². The second-order valence-corrected chi connectivity index (χ2v) is 4.59. The van der Waals surface area contributed by atoms with E-state index in [0.717, 1.165) is 0 Å². The normalized spacial score (nSPS) is 16.5. The van der Waals surface area contributed by atoms with Gasteiger partial charge in [0.05, 0.1) is 11.6 Å². The van der Waals surface area contributed by atoms with Crippen LogP contribution >= 0.6 is 11.6 Å². The minimum atomic E-state index is -0.342. The molecule has 0 radical (unpaired) electrons. The lowest BCUT2D eigenvalue weighted by atomic mass is 10.1. The number of ketones is 1. The third-order valence-corrected chi connectivity index (χ3v) is 3.14. The molecule has 0 spiro atoms. The van der Waals surface area contributed by atoms with Crippen molar-refractivity contribution >= 4 is 28.7 Å². The van der Waals surface area contributed by atoms with Crippen LogP contribution in [0.2, 0.25) is 5.02 Å². The minimum Gasteiger partial charge on any atom is -0.287 e. The van der Waals surface area contributed by atoms with Gasteiger partial charge < -0.3 is 0 Å². The van der Waals surface area contributed by atoms with E-state index in [2.05, 4.69) is 11.6 Å². The van der Waals surface area contributed by atoms with E-state index in [0.29, 0.717) is 21.7 Å². The summed E-state index contributed by atoms with van der Waals surface area (Å²) in [5.41, 5.74) is 1.62. The van der Waals surface area contributed by atoms with Gasteiger partial charge in [0.15, 0.2) is 5.70 Å². The van der Waals surface area contributed by atoms with Crippen molar-refractivity contribution in [1.82, 2.24) is 0 Å². The maximum atomic E-state index is 12.3. The first kappa shape index (κ1) is 13.7. The molecule has 20 heavy (non-hydrogen) atoms. The largest absolute Gasteiger partial charge is 0.287 e. The van der Waals surface area contributed by atoms with Crippen molar-refractivity contribution in [3.8, 4) is 12.1 Å². The average Bonchev–Trinajstić information content (AvgIpc) is 2.67. The van der Waals surface area contributed by atoms with E-state index in [4.69, 9.17) is 22.1 Å². The monoisotopic (exact) mass is 281 g/mol. The molecule has 0 amide bonds. The highest BCUT2D eigenvalue weighted by Gasteiger charge is 2.30. The van der Waals surface area contributed by atoms with Crippen LogP contribution in [0.5, 0.6) is 0 Å². The van der Waals surface area contributed by atoms with Gasteiger partial charge in [-0.1, -0.05) is 24.2 Å². The van der Waals surface area contributed by atoms with Crippen LogP contribution in [0.15, 0.2) is 41.0 Å². The van der Waals surface area contributed by atoms with Crippen LogP contribution in [0.1, 0.15) is 22.8 Å². The number of carbonyl (C=O) groups is 1. The molecule has 0 aromatic heterocycles. The van der Waals surface area contributed by atoms with Crippen molar-refractivity contribution in [2.24, 2.45) is 4.99 Å². The number of Topliss-reactive ketones (excluding diaryl/α,β-unsaturated/α-hetero) is 1. The van der Waals surface area contributed by atoms with Gasteiger partial charge in [0.1, 0.15) is 11.8 Å². The predicted octanol–water partition coefficient (Wildman–Crippen LogP) is 3.31. The van der Waals surface area contributed by atoms with Crippen LogP contribution in [0.4, 0.5) is 0 Å². The van der Waals surface area contributed by atoms with Crippen molar-refractivity contribution in [3.05, 3.63) is 52.2 Å². The van der Waals surface area contributed by atoms with Crippen LogP contribution in [0, 0.1) is 22.7 Å². The van der Waals surface area contributed by atoms with Crippen molar-refractivity contribution in [3.63, 3.8) is 0 Å². The van der Waals surface area contributed by atoms with Crippen LogP contribution in [0.25, 0.3) is 5.57 Å². The smallest absolute Gasteiger partial charge is 0.212 e. The molecule has 1 aliphatic carbocycles. The summed E-state index contributed by atoms with van der Waals surface area (Å²) >= 11 is 5.86. The number of nitrogens with zero attached hydrogens (tertiary/aromatic N) is 3. The third-order valence-electron chi connectivity index (χ3n) is 2.90. The minimum absolute atomic E-state index is 0.0772. The summed E-state index contributed by atoms with van der Waals surface area (Å²) in [6.07, 6.45) is 0. The lowest BCUT2D eigenvalue weighted by Crippen LogP contribution is -2.07. The molecular formula is C15H8ClN3O. The molecule has 0 heterocycles. The van der Waals surface area contributed by atoms with Gasteiger partial charge in [0.2, 0.25) is 5.78 Å². The van der Waals surface area contributed by atoms with Crippen LogP contribution in [0.3, 0.4) is 0 Å². The van der Waals surface area contributed by atoms with E-state index < -0.39 is 0 Å². The number of allylic oxidation sites excluding steroid dienone is 3. The zero-order chi connectivity index (χ0) is 14.9. The summed E-state index contributed by atoms with van der Waals surface area (Å²) in [6, 6.07) is 8.53. The Balaban J connectivity index is 2.60. The number of benzene rings is 1.